The van der Waals surface area contributed by atoms with E-state index in [0.717, 1.165) is 29.4 Å². The lowest BCUT2D eigenvalue weighted by molar-refractivity contribution is 0.0443. The smallest absolute Gasteiger partial charge is 0.429 e. The number of halogens is 2. The number of ether oxygens (including phenoxy) is 2. The van der Waals surface area contributed by atoms with Gasteiger partial charge in [0.1, 0.15) is 13.2 Å². The topological polar surface area (TPSA) is 87.6 Å². The van der Waals surface area contributed by atoms with Gasteiger partial charge in [0.25, 0.3) is 0 Å². The zero-order valence-electron chi connectivity index (χ0n) is 18.4. The number of nitrogen functional groups attached to an aromatic ring is 2. The van der Waals surface area contributed by atoms with Gasteiger partial charge < -0.3 is 20.9 Å². The SMILES string of the molecule is CC(C)(C)c1cc(I)c(COC(=O)OCc2cc(N)c(C(C)(C)C)cc2I)cc1N. The molecule has 0 spiro atoms. The van der Waals surface area contributed by atoms with E-state index < -0.39 is 6.16 Å². The molecule has 0 atom stereocenters. The number of benzene rings is 2. The van der Waals surface area contributed by atoms with Gasteiger partial charge in [-0.05, 0) is 91.4 Å². The van der Waals surface area contributed by atoms with Gasteiger partial charge in [0.05, 0.1) is 0 Å². The summed E-state index contributed by atoms with van der Waals surface area (Å²) in [6.07, 6.45) is -0.724. The van der Waals surface area contributed by atoms with Crippen LogP contribution in [0.1, 0.15) is 63.8 Å². The van der Waals surface area contributed by atoms with Gasteiger partial charge in [-0.25, -0.2) is 4.79 Å². The van der Waals surface area contributed by atoms with Crippen molar-refractivity contribution in [3.05, 3.63) is 53.7 Å². The van der Waals surface area contributed by atoms with Crippen molar-refractivity contribution in [2.24, 2.45) is 0 Å². The first kappa shape index (κ1) is 25.0. The third kappa shape index (κ3) is 6.38. The Bertz CT molecular complexity index is 869. The van der Waals surface area contributed by atoms with Gasteiger partial charge in [-0.1, -0.05) is 41.5 Å². The Morgan fingerprint density at radius 3 is 1.40 bits per heavy atom. The van der Waals surface area contributed by atoms with E-state index in [-0.39, 0.29) is 24.0 Å². The van der Waals surface area contributed by atoms with Gasteiger partial charge in [-0.15, -0.1) is 0 Å². The molecule has 2 aromatic rings. The van der Waals surface area contributed by atoms with Crippen molar-refractivity contribution in [2.45, 2.75) is 65.6 Å². The first-order valence-electron chi connectivity index (χ1n) is 9.66. The molecule has 0 bridgehead atoms. The summed E-state index contributed by atoms with van der Waals surface area (Å²) in [5, 5.41) is 0. The Kier molecular flexibility index (Phi) is 7.93. The molecule has 0 amide bonds. The van der Waals surface area contributed by atoms with Crippen molar-refractivity contribution in [2.75, 3.05) is 11.5 Å². The van der Waals surface area contributed by atoms with E-state index in [2.05, 4.69) is 86.7 Å². The Morgan fingerprint density at radius 1 is 0.767 bits per heavy atom. The monoisotopic (exact) mass is 636 g/mol. The molecule has 0 fully saturated rings. The molecule has 4 N–H and O–H groups in total. The van der Waals surface area contributed by atoms with Crippen LogP contribution in [0, 0.1) is 7.14 Å². The molecule has 0 aromatic heterocycles. The van der Waals surface area contributed by atoms with Crippen LogP contribution in [0.15, 0.2) is 24.3 Å². The lowest BCUT2D eigenvalue weighted by Crippen LogP contribution is -2.16. The number of anilines is 2. The van der Waals surface area contributed by atoms with E-state index in [1.54, 1.807) is 0 Å². The highest BCUT2D eigenvalue weighted by Crippen LogP contribution is 2.32. The van der Waals surface area contributed by atoms with Crippen molar-refractivity contribution in [3.63, 3.8) is 0 Å². The molecule has 0 aliphatic rings. The molecule has 164 valence electrons. The molecule has 5 nitrogen and oxygen atoms in total. The molecular formula is C23H30I2N2O3. The van der Waals surface area contributed by atoms with Crippen LogP contribution in [0.3, 0.4) is 0 Å². The van der Waals surface area contributed by atoms with Gasteiger partial charge in [-0.3, -0.25) is 0 Å². The second kappa shape index (κ2) is 9.50. The number of carbonyl (C=O) groups is 1. The molecule has 0 aliphatic carbocycles. The maximum atomic E-state index is 12.1. The van der Waals surface area contributed by atoms with Crippen LogP contribution in [-0.4, -0.2) is 6.16 Å². The van der Waals surface area contributed by atoms with Crippen LogP contribution in [0.4, 0.5) is 16.2 Å². The molecule has 0 saturated carbocycles. The molecule has 2 rings (SSSR count). The summed E-state index contributed by atoms with van der Waals surface area (Å²) in [6.45, 7) is 12.9. The number of rotatable bonds is 4. The summed E-state index contributed by atoms with van der Waals surface area (Å²) in [4.78, 5) is 12.1. The summed E-state index contributed by atoms with van der Waals surface area (Å²) in [7, 11) is 0. The van der Waals surface area contributed by atoms with Gasteiger partial charge >= 0.3 is 6.16 Å². The fraction of sp³-hybridized carbons (Fsp3) is 0.435. The summed E-state index contributed by atoms with van der Waals surface area (Å²) in [5.41, 5.74) is 17.5. The largest absolute Gasteiger partial charge is 0.508 e. The third-order valence-corrected chi connectivity index (χ3v) is 6.75. The van der Waals surface area contributed by atoms with Crippen LogP contribution in [-0.2, 0) is 33.5 Å². The van der Waals surface area contributed by atoms with Gasteiger partial charge in [0, 0.05) is 29.6 Å². The van der Waals surface area contributed by atoms with E-state index in [4.69, 9.17) is 20.9 Å². The van der Waals surface area contributed by atoms with Gasteiger partial charge in [-0.2, -0.15) is 0 Å². The van der Waals surface area contributed by atoms with Gasteiger partial charge in [0.15, 0.2) is 0 Å². The second-order valence-corrected chi connectivity index (χ2v) is 11.7. The van der Waals surface area contributed by atoms with Crippen molar-refractivity contribution < 1.29 is 14.3 Å². The summed E-state index contributed by atoms with van der Waals surface area (Å²) in [6, 6.07) is 7.82. The highest BCUT2D eigenvalue weighted by Gasteiger charge is 2.21. The molecule has 0 unspecified atom stereocenters. The summed E-state index contributed by atoms with van der Waals surface area (Å²) < 4.78 is 12.6. The second-order valence-electron chi connectivity index (χ2n) is 9.39. The van der Waals surface area contributed by atoms with Gasteiger partial charge in [0.2, 0.25) is 0 Å². The number of hydrogen-bond donors (Lipinski definition) is 2. The third-order valence-electron chi connectivity index (χ3n) is 4.74. The number of hydrogen-bond acceptors (Lipinski definition) is 5. The zero-order chi connectivity index (χ0) is 22.9. The van der Waals surface area contributed by atoms with E-state index in [9.17, 15) is 4.79 Å². The maximum absolute atomic E-state index is 12.1. The van der Waals surface area contributed by atoms with Crippen molar-refractivity contribution in [1.29, 1.82) is 0 Å². The Hall–Kier alpha value is -1.23. The Labute approximate surface area is 206 Å². The van der Waals surface area contributed by atoms with Crippen molar-refractivity contribution in [1.82, 2.24) is 0 Å². The highest BCUT2D eigenvalue weighted by atomic mass is 127. The molecule has 0 radical (unpaired) electrons. The van der Waals surface area contributed by atoms with E-state index in [0.29, 0.717) is 11.4 Å². The minimum Gasteiger partial charge on any atom is -0.429 e. The van der Waals surface area contributed by atoms with Crippen LogP contribution < -0.4 is 11.5 Å². The summed E-state index contributed by atoms with van der Waals surface area (Å²) in [5.74, 6) is 0. The van der Waals surface area contributed by atoms with E-state index in [1.165, 1.54) is 0 Å². The number of nitrogens with two attached hydrogens (primary N) is 2. The molecule has 0 aliphatic heterocycles. The normalized spacial score (nSPS) is 12.0. The fourth-order valence-corrected chi connectivity index (χ4v) is 4.36. The first-order valence-corrected chi connectivity index (χ1v) is 11.8. The standard InChI is InChI=1S/C23H30I2N2O3/c1-22(2,3)15-9-17(24)13(7-19(15)26)11-29-21(28)30-12-14-8-20(27)16(10-18(14)25)23(4,5)6/h7-10H,11-12,26-27H2,1-6H3. The average molecular weight is 636 g/mol. The highest BCUT2D eigenvalue weighted by molar-refractivity contribution is 14.1. The maximum Gasteiger partial charge on any atom is 0.508 e. The van der Waals surface area contributed by atoms with E-state index >= 15 is 0 Å². The Balaban J connectivity index is 2.01. The predicted octanol–water partition coefficient (Wildman–Crippen LogP) is 6.51. The van der Waals surface area contributed by atoms with Crippen LogP contribution in [0.5, 0.6) is 0 Å². The molecule has 0 heterocycles. The molecule has 7 heteroatoms. The molecule has 0 saturated heterocycles. The average Bonchev–Trinajstić information content (AvgIpc) is 2.60. The lowest BCUT2D eigenvalue weighted by atomic mass is 9.85. The van der Waals surface area contributed by atoms with Crippen LogP contribution in [0.25, 0.3) is 0 Å². The first-order chi connectivity index (χ1) is 13.7. The number of carbonyl (C=O) groups excluding carboxylic acids is 1. The van der Waals surface area contributed by atoms with Crippen molar-refractivity contribution >= 4 is 62.7 Å². The molecule has 2 aromatic carbocycles. The quantitative estimate of drug-likeness (QED) is 0.227. The van der Waals surface area contributed by atoms with Crippen LogP contribution in [0.2, 0.25) is 0 Å². The summed E-state index contributed by atoms with van der Waals surface area (Å²) >= 11 is 4.47. The van der Waals surface area contributed by atoms with Crippen LogP contribution >= 0.6 is 45.2 Å². The fourth-order valence-electron chi connectivity index (χ4n) is 3.11. The lowest BCUT2D eigenvalue weighted by Gasteiger charge is -2.23. The van der Waals surface area contributed by atoms with E-state index in [1.807, 2.05) is 24.3 Å². The minimum absolute atomic E-state index is 0.0517. The predicted molar refractivity (Wildman–Crippen MR) is 140 cm³/mol. The zero-order valence-corrected chi connectivity index (χ0v) is 22.7. The Morgan fingerprint density at radius 2 is 1.10 bits per heavy atom. The minimum atomic E-state index is -0.724. The molecule has 30 heavy (non-hydrogen) atoms. The van der Waals surface area contributed by atoms with Crippen molar-refractivity contribution in [3.8, 4) is 0 Å². The molecular weight excluding hydrogens is 606 g/mol.